The van der Waals surface area contributed by atoms with Crippen LogP contribution < -0.4 is 44.5 Å². The van der Waals surface area contributed by atoms with Gasteiger partial charge in [0.1, 0.15) is 54.1 Å². The molecule has 16 N–H and O–H groups in total. The molecule has 0 saturated carbocycles. The Balaban J connectivity index is 0.000000253. The molecule has 8 rings (SSSR count). The molecule has 0 aliphatic carbocycles. The fraction of sp³-hybridized carbons (Fsp3) is 0.426. The van der Waals surface area contributed by atoms with Crippen molar-refractivity contribution >= 4 is 79.8 Å². The number of aliphatic hydroxyl groups excluding tert-OH is 6. The Morgan fingerprint density at radius 1 is 0.848 bits per heavy atom. The summed E-state index contributed by atoms with van der Waals surface area (Å²) in [6, 6.07) is 16.9. The number of hydrogen-bond acceptors (Lipinski definition) is 25. The number of halogens is 6. The van der Waals surface area contributed by atoms with Crippen molar-refractivity contribution in [1.82, 2.24) is 34.7 Å². The van der Waals surface area contributed by atoms with Gasteiger partial charge >= 0.3 is 23.6 Å². The van der Waals surface area contributed by atoms with E-state index in [-0.39, 0.29) is 46.5 Å². The fourth-order valence-electron chi connectivity index (χ4n) is 8.71. The third-order valence-corrected chi connectivity index (χ3v) is 15.9. The van der Waals surface area contributed by atoms with Crippen LogP contribution in [0.4, 0.5) is 45.4 Å². The normalized spacial score (nSPS) is 22.3. The lowest BCUT2D eigenvalue weighted by Crippen LogP contribution is -2.51. The number of nitriles is 1. The van der Waals surface area contributed by atoms with Crippen molar-refractivity contribution in [3.8, 4) is 6.07 Å². The summed E-state index contributed by atoms with van der Waals surface area (Å²) in [6.45, 7) is 2.33. The third kappa shape index (κ3) is 20.1. The zero-order valence-electron chi connectivity index (χ0n) is 48.5. The van der Waals surface area contributed by atoms with E-state index in [1.807, 2.05) is 24.4 Å². The number of rotatable bonds is 16. The molecule has 10 atom stereocenters. The Kier molecular flexibility index (Phi) is 28.0. The summed E-state index contributed by atoms with van der Waals surface area (Å²) >= 11 is 10.6. The fourth-order valence-corrected chi connectivity index (χ4v) is 10.6. The lowest BCUT2D eigenvalue weighted by atomic mass is 9.72. The number of nitrogens with two attached hydrogens (primary N) is 3. The number of sulfone groups is 1. The van der Waals surface area contributed by atoms with E-state index in [9.17, 15) is 85.2 Å². The molecule has 3 fully saturated rings. The van der Waals surface area contributed by atoms with Crippen molar-refractivity contribution in [2.45, 2.75) is 104 Å². The molecule has 5 amide bonds. The lowest BCUT2D eigenvalue weighted by molar-refractivity contribution is -0.139. The number of piperidine rings is 1. The molecule has 31 nitrogen and oxygen atoms in total. The van der Waals surface area contributed by atoms with Gasteiger partial charge in [0.05, 0.1) is 58.3 Å². The van der Waals surface area contributed by atoms with Crippen molar-refractivity contribution in [3.63, 3.8) is 0 Å². The first-order chi connectivity index (χ1) is 43.2. The summed E-state index contributed by atoms with van der Waals surface area (Å²) in [7, 11) is -4.21. The number of urea groups is 1. The van der Waals surface area contributed by atoms with Gasteiger partial charge in [-0.25, -0.2) is 27.2 Å². The monoisotopic (exact) mass is 1360 g/mol. The van der Waals surface area contributed by atoms with E-state index in [1.54, 1.807) is 12.1 Å². The number of aromatic nitrogens is 4. The van der Waals surface area contributed by atoms with Gasteiger partial charge in [0.25, 0.3) is 5.91 Å². The average molecular weight is 1360 g/mol. The molecule has 5 heterocycles. The van der Waals surface area contributed by atoms with E-state index in [1.165, 1.54) is 30.6 Å². The van der Waals surface area contributed by atoms with Gasteiger partial charge in [0, 0.05) is 48.5 Å². The Hall–Kier alpha value is -8.32. The van der Waals surface area contributed by atoms with Gasteiger partial charge in [0.2, 0.25) is 11.8 Å². The van der Waals surface area contributed by atoms with E-state index in [0.29, 0.717) is 48.4 Å². The van der Waals surface area contributed by atoms with E-state index in [0.717, 1.165) is 58.0 Å². The minimum absolute atomic E-state index is 0.0537. The largest absolute Gasteiger partial charge is 0.417 e. The second-order valence-electron chi connectivity index (χ2n) is 20.1. The quantitative estimate of drug-likeness (QED) is 0.0120. The molecule has 2 unspecified atom stereocenters. The Morgan fingerprint density at radius 2 is 1.37 bits per heavy atom. The highest BCUT2D eigenvalue weighted by atomic mass is 35.5. The summed E-state index contributed by atoms with van der Waals surface area (Å²) < 4.78 is 89.0. The zero-order chi connectivity index (χ0) is 69.1. The number of benzene rings is 3. The molecule has 3 aromatic carbocycles. The van der Waals surface area contributed by atoms with Crippen molar-refractivity contribution in [2.24, 2.45) is 5.29 Å². The van der Waals surface area contributed by atoms with Crippen LogP contribution in [0.1, 0.15) is 62.3 Å². The second kappa shape index (κ2) is 33.8. The van der Waals surface area contributed by atoms with Gasteiger partial charge in [-0.3, -0.25) is 28.8 Å². The van der Waals surface area contributed by atoms with Crippen LogP contribution >= 0.6 is 23.2 Å². The van der Waals surface area contributed by atoms with Crippen molar-refractivity contribution < 1.29 is 90.4 Å². The molecule has 5 aromatic rings. The predicted molar refractivity (Wildman–Crippen MR) is 318 cm³/mol. The van der Waals surface area contributed by atoms with E-state index in [2.05, 4.69) is 25.9 Å². The summed E-state index contributed by atoms with van der Waals surface area (Å²) in [5.41, 5.74) is 11.1. The number of hydrogen-bond donors (Lipinski definition) is 13. The molecule has 0 spiro atoms. The number of imide groups is 1. The van der Waals surface area contributed by atoms with E-state index >= 15 is 0 Å². The molecular weight excluding hydrogens is 1300 g/mol. The summed E-state index contributed by atoms with van der Waals surface area (Å²) in [5.74, 6) is -2.87. The third-order valence-electron chi connectivity index (χ3n) is 13.7. The molecule has 3 aliphatic heterocycles. The van der Waals surface area contributed by atoms with Gasteiger partial charge < -0.3 is 73.1 Å². The average Bonchev–Trinajstić information content (AvgIpc) is 1.18. The molecule has 3 aliphatic rings. The number of nitroso groups, excluding NO2 is 1. The van der Waals surface area contributed by atoms with Crippen LogP contribution in [0.15, 0.2) is 111 Å². The van der Waals surface area contributed by atoms with Crippen LogP contribution in [0.2, 0.25) is 0 Å². The SMILES string of the molecule is CC(O)(CS(=O)(=O)c1ccc(F)cc1)C(=O)Nc1ccc(C#N)c(C(F)(F)F)c1.CCC1(c2ccc(N)cc2)CCC(=O)NC1=O.Nc1ccn([C@@H]2O[C@H](CO)[C@@H](O)[C@@H]2O)c(=O)n1.Nc1ccn([C@@H]2O[C@H](CO)[C@@H](O)[C@@H]2O)c(=O)n1.O=NN(CCCl)C(=O)NCCCl. The highest BCUT2D eigenvalue weighted by Crippen LogP contribution is 2.37. The van der Waals surface area contributed by atoms with Crippen LogP contribution in [0.25, 0.3) is 0 Å². The minimum atomic E-state index is -4.86. The standard InChI is InChI=1S/C18H14F4N2O4S.C13H16N2O2.2C9H13N3O5.C5H9Cl2N3O2/c1-17(26,10-29(27,28)14-6-3-12(19)4-7-14)16(25)24-13-5-2-11(9-23)15(8-13)18(20,21)22;1-2-13(8-7-11(16)15-12(13)17)9-3-5-10(14)6-4-9;2*10-5-1-2-12(9(16)11-5)8-7(15)6(14)4(3-13)17-8;6-1-3-8-5(11)10(9-12)4-2-7/h2-8,26H,10H2,1H3,(H,24,25);3-6H,2,7-8,14H2,1H3,(H,15,16,17);2*1-2,4,6-8,13-15H,3H2,(H2,10,11,16);1-4H2,(H,8,11)/t;;2*4-,6-,7+,8-;/m..11./s1. The van der Waals surface area contributed by atoms with Crippen molar-refractivity contribution in [2.75, 3.05) is 66.3 Å². The van der Waals surface area contributed by atoms with E-state index < -0.39 is 135 Å². The molecule has 38 heteroatoms. The topological polar surface area (TPSA) is 503 Å². The second-order valence-corrected chi connectivity index (χ2v) is 22.8. The molecule has 3 saturated heterocycles. The predicted octanol–water partition coefficient (Wildman–Crippen LogP) is 0.264. The highest BCUT2D eigenvalue weighted by molar-refractivity contribution is 7.91. The van der Waals surface area contributed by atoms with E-state index in [4.69, 9.17) is 65.4 Å². The molecule has 502 valence electrons. The Labute approximate surface area is 529 Å². The minimum Gasteiger partial charge on any atom is -0.399 e. The Morgan fingerprint density at radius 3 is 1.78 bits per heavy atom. The number of aliphatic hydroxyl groups is 7. The molecular formula is C54H65Cl2F4N13O18S. The van der Waals surface area contributed by atoms with Gasteiger partial charge in [-0.1, -0.05) is 19.1 Å². The van der Waals surface area contributed by atoms with Crippen LogP contribution in [-0.4, -0.2) is 178 Å². The first-order valence-electron chi connectivity index (χ1n) is 27.0. The number of carbonyl (C=O) groups is 4. The van der Waals surface area contributed by atoms with Gasteiger partial charge in [-0.2, -0.15) is 33.4 Å². The van der Waals surface area contributed by atoms with Gasteiger partial charge in [-0.05, 0) is 92.1 Å². The van der Waals surface area contributed by atoms with Crippen LogP contribution in [0.3, 0.4) is 0 Å². The number of nitrogen functional groups attached to an aromatic ring is 3. The number of alkyl halides is 5. The molecule has 0 bridgehead atoms. The number of nitrogens with one attached hydrogen (secondary N) is 3. The lowest BCUT2D eigenvalue weighted by Gasteiger charge is -2.34. The number of nitrogens with zero attached hydrogens (tertiary/aromatic N) is 7. The number of amides is 5. The number of carbonyl (C=O) groups excluding carboxylic acids is 4. The van der Waals surface area contributed by atoms with Gasteiger partial charge in [0.15, 0.2) is 27.9 Å². The summed E-state index contributed by atoms with van der Waals surface area (Å²) in [4.78, 5) is 86.2. The van der Waals surface area contributed by atoms with Crippen molar-refractivity contribution in [1.29, 1.82) is 5.26 Å². The van der Waals surface area contributed by atoms with Crippen molar-refractivity contribution in [3.05, 3.63) is 140 Å². The molecule has 2 aromatic heterocycles. The smallest absolute Gasteiger partial charge is 0.399 e. The van der Waals surface area contributed by atoms with Gasteiger partial charge in [-0.15, -0.1) is 28.1 Å². The maximum atomic E-state index is 13.0. The summed E-state index contributed by atoms with van der Waals surface area (Å²) in [5, 5.41) is 85.3. The molecule has 92 heavy (non-hydrogen) atoms. The first kappa shape index (κ1) is 76.1. The van der Waals surface area contributed by atoms with Crippen LogP contribution in [0.5, 0.6) is 0 Å². The molecule has 0 radical (unpaired) electrons. The maximum Gasteiger partial charge on any atom is 0.417 e. The number of anilines is 4. The number of ether oxygens (including phenoxy) is 2. The first-order valence-corrected chi connectivity index (χ1v) is 29.7. The van der Waals surface area contributed by atoms with Crippen LogP contribution in [0, 0.1) is 22.1 Å². The maximum absolute atomic E-state index is 13.0. The highest BCUT2D eigenvalue weighted by Gasteiger charge is 2.46. The zero-order valence-corrected chi connectivity index (χ0v) is 50.8. The summed E-state index contributed by atoms with van der Waals surface area (Å²) in [6.07, 6.45) is -9.76. The van der Waals surface area contributed by atoms with Crippen LogP contribution in [-0.2, 0) is 45.3 Å². The Bertz CT molecular complexity index is 3550.